The normalized spacial score (nSPS) is 12.0. The molecule has 3 nitrogen and oxygen atoms in total. The summed E-state index contributed by atoms with van der Waals surface area (Å²) < 4.78 is 4.38. The van der Waals surface area contributed by atoms with Crippen LogP contribution in [0.3, 0.4) is 0 Å². The van der Waals surface area contributed by atoms with Crippen LogP contribution in [-0.4, -0.2) is 16.5 Å². The summed E-state index contributed by atoms with van der Waals surface area (Å²) in [6.07, 6.45) is 0. The van der Waals surface area contributed by atoms with E-state index in [1.807, 2.05) is 0 Å². The molecule has 1 unspecified atom stereocenters. The van der Waals surface area contributed by atoms with Gasteiger partial charge in [-0.25, -0.2) is 0 Å². The van der Waals surface area contributed by atoms with Gasteiger partial charge in [-0.3, -0.25) is 4.79 Å². The van der Waals surface area contributed by atoms with Gasteiger partial charge in [0.2, 0.25) is 10.5 Å². The van der Waals surface area contributed by atoms with Gasteiger partial charge in [-0.2, -0.15) is 5.26 Å². The first kappa shape index (κ1) is 7.18. The third kappa shape index (κ3) is 1.75. The molecule has 0 saturated heterocycles. The standard InChI is InChI=1S/C4H7NO2Si/c1-3(2-5)4(6)7-8/h3H,1,8H3. The molecule has 0 fully saturated rings. The summed E-state index contributed by atoms with van der Waals surface area (Å²) >= 11 is 0. The SMILES string of the molecule is CC(C#N)C(=O)O[SiH3]. The molecule has 0 aliphatic rings. The lowest BCUT2D eigenvalue weighted by Gasteiger charge is -1.96. The van der Waals surface area contributed by atoms with Gasteiger partial charge in [-0.05, 0) is 6.92 Å². The van der Waals surface area contributed by atoms with Crippen LogP contribution >= 0.6 is 0 Å². The zero-order chi connectivity index (χ0) is 6.57. The highest BCUT2D eigenvalue weighted by Gasteiger charge is 2.08. The van der Waals surface area contributed by atoms with Crippen LogP contribution in [0.1, 0.15) is 6.92 Å². The Hall–Kier alpha value is -0.823. The van der Waals surface area contributed by atoms with E-state index in [1.54, 1.807) is 6.07 Å². The van der Waals surface area contributed by atoms with Crippen molar-refractivity contribution in [2.24, 2.45) is 5.92 Å². The number of nitrogens with zero attached hydrogens (tertiary/aromatic N) is 1. The van der Waals surface area contributed by atoms with E-state index in [1.165, 1.54) is 6.92 Å². The second kappa shape index (κ2) is 3.21. The molecule has 0 heterocycles. The molecule has 0 saturated carbocycles. The van der Waals surface area contributed by atoms with Crippen molar-refractivity contribution < 1.29 is 9.22 Å². The molecule has 0 N–H and O–H groups in total. The lowest BCUT2D eigenvalue weighted by Crippen LogP contribution is -2.10. The highest BCUT2D eigenvalue weighted by atomic mass is 28.2. The minimum absolute atomic E-state index is 0.375. The van der Waals surface area contributed by atoms with Crippen molar-refractivity contribution in [2.75, 3.05) is 0 Å². The molecule has 0 amide bonds. The fraction of sp³-hybridized carbons (Fsp3) is 0.500. The molecule has 0 aromatic rings. The van der Waals surface area contributed by atoms with Crippen molar-refractivity contribution in [1.29, 1.82) is 5.26 Å². The van der Waals surface area contributed by atoms with Crippen LogP contribution in [-0.2, 0) is 9.22 Å². The van der Waals surface area contributed by atoms with E-state index >= 15 is 0 Å². The van der Waals surface area contributed by atoms with Crippen LogP contribution in [0.15, 0.2) is 0 Å². The topological polar surface area (TPSA) is 50.1 Å². The van der Waals surface area contributed by atoms with Crippen molar-refractivity contribution in [3.63, 3.8) is 0 Å². The van der Waals surface area contributed by atoms with E-state index in [0.717, 1.165) is 0 Å². The summed E-state index contributed by atoms with van der Waals surface area (Å²) in [5.74, 6) is -1.02. The first-order chi connectivity index (χ1) is 3.72. The third-order valence-electron chi connectivity index (χ3n) is 0.748. The van der Waals surface area contributed by atoms with Crippen molar-refractivity contribution in [3.05, 3.63) is 0 Å². The Morgan fingerprint density at radius 2 is 2.50 bits per heavy atom. The summed E-state index contributed by atoms with van der Waals surface area (Å²) in [5, 5.41) is 8.10. The fourth-order valence-corrected chi connectivity index (χ4v) is 0.583. The average molecular weight is 129 g/mol. The minimum Gasteiger partial charge on any atom is -0.528 e. The zero-order valence-corrected chi connectivity index (χ0v) is 6.84. The van der Waals surface area contributed by atoms with Gasteiger partial charge in [0.15, 0.2) is 0 Å². The zero-order valence-electron chi connectivity index (χ0n) is 4.84. The highest BCUT2D eigenvalue weighted by molar-refractivity contribution is 6.05. The lowest BCUT2D eigenvalue weighted by atomic mass is 10.2. The van der Waals surface area contributed by atoms with E-state index in [4.69, 9.17) is 5.26 Å². The van der Waals surface area contributed by atoms with E-state index in [9.17, 15) is 4.79 Å². The largest absolute Gasteiger partial charge is 0.528 e. The van der Waals surface area contributed by atoms with Crippen molar-refractivity contribution in [2.45, 2.75) is 6.92 Å². The summed E-state index contributed by atoms with van der Waals surface area (Å²) in [5.41, 5.74) is 0. The second-order valence-electron chi connectivity index (χ2n) is 1.37. The second-order valence-corrected chi connectivity index (χ2v) is 1.78. The van der Waals surface area contributed by atoms with E-state index in [-0.39, 0.29) is 0 Å². The first-order valence-corrected chi connectivity index (χ1v) is 3.01. The third-order valence-corrected chi connectivity index (χ3v) is 1.15. The Kier molecular flexibility index (Phi) is 2.88. The van der Waals surface area contributed by atoms with Gasteiger partial charge in [-0.1, -0.05) is 0 Å². The van der Waals surface area contributed by atoms with Crippen LogP contribution in [0, 0.1) is 17.2 Å². The number of rotatable bonds is 1. The molecule has 0 rings (SSSR count). The molecule has 0 aliphatic heterocycles. The van der Waals surface area contributed by atoms with Crippen molar-refractivity contribution in [1.82, 2.24) is 0 Å². The van der Waals surface area contributed by atoms with Gasteiger partial charge in [0.05, 0.1) is 6.07 Å². The van der Waals surface area contributed by atoms with Crippen LogP contribution < -0.4 is 0 Å². The number of hydrogen-bond donors (Lipinski definition) is 0. The Morgan fingerprint density at radius 3 is 2.62 bits per heavy atom. The number of nitriles is 1. The molecule has 4 heteroatoms. The molecule has 0 aliphatic carbocycles. The molecule has 0 spiro atoms. The van der Waals surface area contributed by atoms with Crippen molar-refractivity contribution in [3.8, 4) is 6.07 Å². The summed E-state index contributed by atoms with van der Waals surface area (Å²) in [6, 6.07) is 1.76. The minimum atomic E-state index is -0.604. The van der Waals surface area contributed by atoms with Gasteiger partial charge in [-0.15, -0.1) is 0 Å². The van der Waals surface area contributed by atoms with Gasteiger partial charge < -0.3 is 4.43 Å². The van der Waals surface area contributed by atoms with Crippen LogP contribution in [0.5, 0.6) is 0 Å². The van der Waals surface area contributed by atoms with Gasteiger partial charge in [0.1, 0.15) is 5.92 Å². The number of carbonyl (C=O) groups is 1. The Balaban J connectivity index is 3.68. The molecule has 0 bridgehead atoms. The summed E-state index contributed by atoms with van der Waals surface area (Å²) in [4.78, 5) is 10.3. The molecule has 1 atom stereocenters. The summed E-state index contributed by atoms with van der Waals surface area (Å²) in [6.45, 7) is 1.51. The van der Waals surface area contributed by atoms with Gasteiger partial charge in [0.25, 0.3) is 0 Å². The van der Waals surface area contributed by atoms with E-state index in [2.05, 4.69) is 4.43 Å². The van der Waals surface area contributed by atoms with E-state index < -0.39 is 11.9 Å². The van der Waals surface area contributed by atoms with Crippen LogP contribution in [0.25, 0.3) is 0 Å². The first-order valence-electron chi connectivity index (χ1n) is 2.19. The Labute approximate surface area is 50.8 Å². The Morgan fingerprint density at radius 1 is 2.00 bits per heavy atom. The molecule has 44 valence electrons. The predicted molar refractivity (Wildman–Crippen MR) is 30.8 cm³/mol. The van der Waals surface area contributed by atoms with Crippen LogP contribution in [0.4, 0.5) is 0 Å². The predicted octanol–water partition coefficient (Wildman–Crippen LogP) is -1.03. The quantitative estimate of drug-likeness (QED) is 0.425. The van der Waals surface area contributed by atoms with Crippen LogP contribution in [0.2, 0.25) is 0 Å². The summed E-state index contributed by atoms with van der Waals surface area (Å²) in [7, 11) is 0.375. The molecular weight excluding hydrogens is 122 g/mol. The monoisotopic (exact) mass is 129 g/mol. The molecule has 0 radical (unpaired) electrons. The van der Waals surface area contributed by atoms with Crippen molar-refractivity contribution >= 4 is 16.5 Å². The highest BCUT2D eigenvalue weighted by Crippen LogP contribution is 1.91. The maximum absolute atomic E-state index is 10.3. The van der Waals surface area contributed by atoms with Gasteiger partial charge >= 0.3 is 5.97 Å². The maximum atomic E-state index is 10.3. The molecule has 8 heavy (non-hydrogen) atoms. The Bertz CT molecular complexity index is 128. The average Bonchev–Trinajstić information content (AvgIpc) is 1.84. The van der Waals surface area contributed by atoms with Gasteiger partial charge in [0, 0.05) is 0 Å². The number of carbonyl (C=O) groups excluding carboxylic acids is 1. The smallest absolute Gasteiger partial charge is 0.309 e. The molecule has 0 aromatic carbocycles. The number of hydrogen-bond acceptors (Lipinski definition) is 3. The maximum Gasteiger partial charge on any atom is 0.309 e. The molecule has 0 aromatic heterocycles. The van der Waals surface area contributed by atoms with E-state index in [0.29, 0.717) is 10.5 Å². The molecular formula is C4H7NO2Si. The fourth-order valence-electron chi connectivity index (χ4n) is 0.229. The lowest BCUT2D eigenvalue weighted by molar-refractivity contribution is -0.136.